The van der Waals surface area contributed by atoms with E-state index in [2.05, 4.69) is 19.2 Å². The Morgan fingerprint density at radius 2 is 1.00 bits per heavy atom. The third-order valence-corrected chi connectivity index (χ3v) is 3.68. The smallest absolute Gasteiger partial charge is 0.396 e. The highest BCUT2D eigenvalue weighted by Crippen LogP contribution is 2.21. The summed E-state index contributed by atoms with van der Waals surface area (Å²) in [7, 11) is 0. The third kappa shape index (κ3) is 8.25. The van der Waals surface area contributed by atoms with Crippen LogP contribution in [0, 0.1) is 45.3 Å². The van der Waals surface area contributed by atoms with E-state index in [1.54, 1.807) is 24.3 Å². The predicted octanol–water partition coefficient (Wildman–Crippen LogP) is 3.94. The highest BCUT2D eigenvalue weighted by Gasteiger charge is 2.38. The molecule has 10 heteroatoms. The van der Waals surface area contributed by atoms with Crippen molar-refractivity contribution in [2.45, 2.75) is 76.4 Å². The Labute approximate surface area is 163 Å². The lowest BCUT2D eigenvalue weighted by Gasteiger charge is -2.19. The largest absolute Gasteiger partial charge is 0.552 e. The molecule has 0 radical (unpaired) electrons. The zero-order valence-electron chi connectivity index (χ0n) is 15.9. The lowest BCUT2D eigenvalue weighted by molar-refractivity contribution is -0.227. The van der Waals surface area contributed by atoms with Gasteiger partial charge in [-0.3, -0.25) is 0 Å². The van der Waals surface area contributed by atoms with Crippen LogP contribution in [-0.4, -0.2) is 23.5 Å². The summed E-state index contributed by atoms with van der Waals surface area (Å²) in [6.45, 7) is 3.83. The van der Waals surface area contributed by atoms with Crippen LogP contribution in [0.15, 0.2) is 0 Å². The number of carbonyl (C=O) groups is 2. The van der Waals surface area contributed by atoms with Gasteiger partial charge in [0.15, 0.2) is 0 Å². The van der Waals surface area contributed by atoms with Gasteiger partial charge in [0.25, 0.3) is 11.2 Å². The third-order valence-electron chi connectivity index (χ3n) is 3.68. The van der Waals surface area contributed by atoms with Gasteiger partial charge in [-0.15, -0.1) is 0 Å². The number of hydrogen-bond donors (Lipinski definition) is 0. The molecule has 0 N–H and O–H groups in total. The summed E-state index contributed by atoms with van der Waals surface area (Å²) in [5.41, 5.74) is -4.16. The minimum Gasteiger partial charge on any atom is -0.396 e. The molecule has 0 saturated heterocycles. The molecule has 0 bridgehead atoms. The molecule has 0 saturated carbocycles. The number of unbranched alkanes of at least 4 members (excludes halogenated alkanes) is 4. The average Bonchev–Trinajstić information content (AvgIpc) is 2.71. The van der Waals surface area contributed by atoms with Gasteiger partial charge in [-0.2, -0.15) is 40.4 Å². The fourth-order valence-corrected chi connectivity index (χ4v) is 2.10. The summed E-state index contributed by atoms with van der Waals surface area (Å²) in [6, 6.07) is 6.34. The second-order valence-corrected chi connectivity index (χ2v) is 5.89. The molecular weight excluding hydrogens is 368 g/mol. The summed E-state index contributed by atoms with van der Waals surface area (Å²) in [6.07, 6.45) is 0.687. The number of hydrogen-bond acceptors (Lipinski definition) is 10. The van der Waals surface area contributed by atoms with Crippen molar-refractivity contribution < 1.29 is 28.8 Å². The van der Waals surface area contributed by atoms with E-state index >= 15 is 0 Å². The monoisotopic (exact) mass is 390 g/mol. The van der Waals surface area contributed by atoms with Crippen LogP contribution in [0.3, 0.4) is 0 Å². The first kappa shape index (κ1) is 24.5. The van der Waals surface area contributed by atoms with Crippen molar-refractivity contribution in [3.63, 3.8) is 0 Å². The van der Waals surface area contributed by atoms with E-state index in [1.165, 1.54) is 0 Å². The number of nitriles is 4. The van der Waals surface area contributed by atoms with Gasteiger partial charge in [-0.05, 0) is 12.8 Å². The summed E-state index contributed by atoms with van der Waals surface area (Å²) in [4.78, 5) is 31.4. The van der Waals surface area contributed by atoms with Crippen LogP contribution in [0.1, 0.15) is 65.2 Å². The van der Waals surface area contributed by atoms with E-state index in [9.17, 15) is 9.59 Å². The van der Waals surface area contributed by atoms with Gasteiger partial charge in [0.05, 0.1) is 0 Å². The number of carbonyl (C=O) groups excluding carboxylic acids is 2. The molecule has 0 aromatic rings. The topological polar surface area (TPSA) is 166 Å². The normalized spacial score (nSPS) is 10.4. The Hall–Kier alpha value is -3.50. The van der Waals surface area contributed by atoms with Gasteiger partial charge in [-0.25, -0.2) is 0 Å². The molecule has 0 heterocycles. The van der Waals surface area contributed by atoms with E-state index < -0.39 is 23.5 Å². The van der Waals surface area contributed by atoms with Crippen LogP contribution in [0.25, 0.3) is 0 Å². The maximum absolute atomic E-state index is 11.6. The van der Waals surface area contributed by atoms with Gasteiger partial charge >= 0.3 is 12.3 Å². The second kappa shape index (κ2) is 12.8. The summed E-state index contributed by atoms with van der Waals surface area (Å²) in [5, 5.41) is 36.4. The van der Waals surface area contributed by atoms with E-state index in [-0.39, 0.29) is 12.8 Å². The highest BCUT2D eigenvalue weighted by atomic mass is 17.3. The van der Waals surface area contributed by atoms with Crippen molar-refractivity contribution in [3.05, 3.63) is 0 Å². The molecule has 28 heavy (non-hydrogen) atoms. The van der Waals surface area contributed by atoms with E-state index in [4.69, 9.17) is 21.0 Å². The molecular formula is C18H22N4O6. The van der Waals surface area contributed by atoms with Gasteiger partial charge in [0.1, 0.15) is 24.3 Å². The van der Waals surface area contributed by atoms with Crippen LogP contribution in [0.4, 0.5) is 9.59 Å². The Balaban J connectivity index is 4.74. The van der Waals surface area contributed by atoms with Gasteiger partial charge in [0, 0.05) is 12.8 Å². The first-order valence-electron chi connectivity index (χ1n) is 8.82. The minimum atomic E-state index is -2.08. The van der Waals surface area contributed by atoms with Crippen LogP contribution in [-0.2, 0) is 19.2 Å². The molecule has 0 amide bonds. The molecule has 0 aromatic carbocycles. The molecule has 0 unspecified atom stereocenters. The molecule has 0 atom stereocenters. The quantitative estimate of drug-likeness (QED) is 0.230. The lowest BCUT2D eigenvalue weighted by atomic mass is 9.99. The molecule has 10 nitrogen and oxygen atoms in total. The molecule has 0 aromatic heterocycles. The van der Waals surface area contributed by atoms with Crippen molar-refractivity contribution >= 4 is 12.3 Å². The number of rotatable bonds is 10. The van der Waals surface area contributed by atoms with E-state index in [1.807, 2.05) is 13.8 Å². The molecule has 0 fully saturated rings. The average molecular weight is 390 g/mol. The maximum Gasteiger partial charge on any atom is 0.552 e. The Bertz CT molecular complexity index is 607. The molecule has 0 aliphatic rings. The van der Waals surface area contributed by atoms with Crippen molar-refractivity contribution in [1.29, 1.82) is 21.0 Å². The molecule has 0 aliphatic carbocycles. The predicted molar refractivity (Wildman–Crippen MR) is 91.3 cm³/mol. The second-order valence-electron chi connectivity index (χ2n) is 5.89. The van der Waals surface area contributed by atoms with E-state index in [0.717, 1.165) is 25.7 Å². The van der Waals surface area contributed by atoms with Crippen LogP contribution in [0.2, 0.25) is 0 Å². The molecule has 0 rings (SSSR count). The number of ether oxygens (including phenoxy) is 2. The zero-order chi connectivity index (χ0) is 21.5. The summed E-state index contributed by atoms with van der Waals surface area (Å²) in [5.74, 6) is 0. The zero-order valence-corrected chi connectivity index (χ0v) is 15.9. The standard InChI is InChI=1S/C18H22N4O6/c1-3-5-7-9-17(11-19,12-20)25-15(23)27-28-16(24)26-18(13-21,14-22)10-8-6-4-2/h3-10H2,1-2H3. The summed E-state index contributed by atoms with van der Waals surface area (Å²) >= 11 is 0. The summed E-state index contributed by atoms with van der Waals surface area (Å²) < 4.78 is 9.30. The number of nitrogens with zero attached hydrogens (tertiary/aromatic N) is 4. The Morgan fingerprint density at radius 3 is 1.25 bits per heavy atom. The van der Waals surface area contributed by atoms with Crippen LogP contribution >= 0.6 is 0 Å². The van der Waals surface area contributed by atoms with Gasteiger partial charge in [-0.1, -0.05) is 39.5 Å². The Morgan fingerprint density at radius 1 is 0.679 bits per heavy atom. The lowest BCUT2D eigenvalue weighted by Crippen LogP contribution is -2.34. The van der Waals surface area contributed by atoms with Gasteiger partial charge in [0.2, 0.25) is 0 Å². The van der Waals surface area contributed by atoms with Crippen LogP contribution in [0.5, 0.6) is 0 Å². The van der Waals surface area contributed by atoms with Crippen molar-refractivity contribution in [2.75, 3.05) is 0 Å². The first-order valence-corrected chi connectivity index (χ1v) is 8.82. The van der Waals surface area contributed by atoms with E-state index in [0.29, 0.717) is 12.8 Å². The highest BCUT2D eigenvalue weighted by molar-refractivity contribution is 5.65. The van der Waals surface area contributed by atoms with Crippen molar-refractivity contribution in [3.8, 4) is 24.3 Å². The molecule has 0 aliphatic heterocycles. The molecule has 0 spiro atoms. The SMILES string of the molecule is CCCCCC(C#N)(C#N)OC(=O)OOC(=O)OC(C#N)(C#N)CCCCC. The first-order chi connectivity index (χ1) is 13.4. The maximum atomic E-state index is 11.6. The fraction of sp³-hybridized carbons (Fsp3) is 0.667. The molecule has 150 valence electrons. The Kier molecular flexibility index (Phi) is 11.2. The van der Waals surface area contributed by atoms with Crippen molar-refractivity contribution in [2.24, 2.45) is 0 Å². The van der Waals surface area contributed by atoms with Crippen LogP contribution < -0.4 is 0 Å². The minimum absolute atomic E-state index is 0.0449. The fourth-order valence-electron chi connectivity index (χ4n) is 2.10. The van der Waals surface area contributed by atoms with Crippen molar-refractivity contribution in [1.82, 2.24) is 0 Å². The van der Waals surface area contributed by atoms with Gasteiger partial charge < -0.3 is 9.47 Å².